The van der Waals surface area contributed by atoms with E-state index in [1.807, 2.05) is 67.6 Å². The fourth-order valence-electron chi connectivity index (χ4n) is 2.44. The fraction of sp³-hybridized carbons (Fsp3) is 0.150. The summed E-state index contributed by atoms with van der Waals surface area (Å²) in [4.78, 5) is 12.2. The first-order valence-corrected chi connectivity index (χ1v) is 8.18. The molecule has 1 aromatic heterocycles. The van der Waals surface area contributed by atoms with Gasteiger partial charge in [0.2, 0.25) is 17.7 Å². The van der Waals surface area contributed by atoms with Crippen LogP contribution in [0.1, 0.15) is 24.8 Å². The SMILES string of the molecule is CC/C(=C\C(=O)NCc1nnc(-c2ccccc2)o1)c1ccccc1. The van der Waals surface area contributed by atoms with Crippen molar-refractivity contribution in [1.82, 2.24) is 15.5 Å². The van der Waals surface area contributed by atoms with Gasteiger partial charge in [-0.2, -0.15) is 0 Å². The van der Waals surface area contributed by atoms with Crippen LogP contribution in [0, 0.1) is 0 Å². The molecule has 0 fully saturated rings. The molecule has 25 heavy (non-hydrogen) atoms. The molecule has 0 spiro atoms. The van der Waals surface area contributed by atoms with Crippen molar-refractivity contribution < 1.29 is 9.21 Å². The maximum atomic E-state index is 12.2. The predicted octanol–water partition coefficient (Wildman–Crippen LogP) is 3.85. The van der Waals surface area contributed by atoms with Gasteiger partial charge in [0.1, 0.15) is 0 Å². The number of aromatic nitrogens is 2. The highest BCUT2D eigenvalue weighted by Gasteiger charge is 2.09. The Morgan fingerprint density at radius 3 is 2.40 bits per heavy atom. The van der Waals surface area contributed by atoms with Crippen LogP contribution < -0.4 is 5.32 Å². The van der Waals surface area contributed by atoms with E-state index in [0.29, 0.717) is 11.8 Å². The summed E-state index contributed by atoms with van der Waals surface area (Å²) in [6, 6.07) is 19.4. The highest BCUT2D eigenvalue weighted by atomic mass is 16.4. The van der Waals surface area contributed by atoms with Crippen LogP contribution in [0.3, 0.4) is 0 Å². The second kappa shape index (κ2) is 8.06. The molecule has 3 aromatic rings. The molecule has 0 aliphatic carbocycles. The van der Waals surface area contributed by atoms with Crippen LogP contribution >= 0.6 is 0 Å². The Morgan fingerprint density at radius 1 is 1.04 bits per heavy atom. The minimum Gasteiger partial charge on any atom is -0.419 e. The Kier molecular flexibility index (Phi) is 5.36. The second-order valence-corrected chi connectivity index (χ2v) is 5.47. The van der Waals surface area contributed by atoms with Gasteiger partial charge in [-0.1, -0.05) is 55.5 Å². The number of rotatable bonds is 6. The number of nitrogens with one attached hydrogen (secondary N) is 1. The topological polar surface area (TPSA) is 68.0 Å². The zero-order chi connectivity index (χ0) is 17.5. The van der Waals surface area contributed by atoms with Crippen LogP contribution in [0.2, 0.25) is 0 Å². The summed E-state index contributed by atoms with van der Waals surface area (Å²) in [7, 11) is 0. The van der Waals surface area contributed by atoms with Gasteiger partial charge in [0, 0.05) is 11.6 Å². The lowest BCUT2D eigenvalue weighted by Gasteiger charge is -2.05. The molecule has 0 atom stereocenters. The molecule has 3 rings (SSSR count). The van der Waals surface area contributed by atoms with E-state index in [0.717, 1.165) is 23.1 Å². The zero-order valence-electron chi connectivity index (χ0n) is 14.0. The molecule has 0 saturated heterocycles. The van der Waals surface area contributed by atoms with Gasteiger partial charge < -0.3 is 9.73 Å². The highest BCUT2D eigenvalue weighted by Crippen LogP contribution is 2.18. The normalized spacial score (nSPS) is 11.3. The standard InChI is InChI=1S/C20H19N3O2/c1-2-15(16-9-5-3-6-10-16)13-18(24)21-14-19-22-23-20(25-19)17-11-7-4-8-12-17/h3-13H,2,14H2,1H3,(H,21,24)/b15-13+. The van der Waals surface area contributed by atoms with Crippen molar-refractivity contribution in [2.45, 2.75) is 19.9 Å². The predicted molar refractivity (Wildman–Crippen MR) is 96.3 cm³/mol. The van der Waals surface area contributed by atoms with Gasteiger partial charge in [-0.25, -0.2) is 0 Å². The summed E-state index contributed by atoms with van der Waals surface area (Å²) in [5.74, 6) is 0.637. The van der Waals surface area contributed by atoms with E-state index in [1.54, 1.807) is 6.08 Å². The van der Waals surface area contributed by atoms with Crippen LogP contribution in [0.4, 0.5) is 0 Å². The van der Waals surface area contributed by atoms with Crippen molar-refractivity contribution in [2.75, 3.05) is 0 Å². The summed E-state index contributed by atoms with van der Waals surface area (Å²) < 4.78 is 5.58. The van der Waals surface area contributed by atoms with E-state index in [1.165, 1.54) is 0 Å². The third kappa shape index (κ3) is 4.41. The van der Waals surface area contributed by atoms with Gasteiger partial charge >= 0.3 is 0 Å². The van der Waals surface area contributed by atoms with Crippen molar-refractivity contribution in [3.8, 4) is 11.5 Å². The van der Waals surface area contributed by atoms with Crippen LogP contribution in [0.25, 0.3) is 17.0 Å². The third-order valence-electron chi connectivity index (χ3n) is 3.73. The molecule has 1 heterocycles. The molecule has 0 aliphatic heterocycles. The summed E-state index contributed by atoms with van der Waals surface area (Å²) in [6.07, 6.45) is 2.39. The number of carbonyl (C=O) groups excluding carboxylic acids is 1. The van der Waals surface area contributed by atoms with E-state index >= 15 is 0 Å². The minimum atomic E-state index is -0.180. The number of carbonyl (C=O) groups is 1. The molecule has 0 unspecified atom stereocenters. The monoisotopic (exact) mass is 333 g/mol. The average Bonchev–Trinajstić information content (AvgIpc) is 3.15. The van der Waals surface area contributed by atoms with E-state index < -0.39 is 0 Å². The molecular formula is C20H19N3O2. The number of benzene rings is 2. The molecule has 1 N–H and O–H groups in total. The van der Waals surface area contributed by atoms with Gasteiger partial charge in [0.25, 0.3) is 0 Å². The highest BCUT2D eigenvalue weighted by molar-refractivity contribution is 5.95. The molecule has 0 aliphatic rings. The first kappa shape index (κ1) is 16.6. The van der Waals surface area contributed by atoms with E-state index in [4.69, 9.17) is 4.42 Å². The van der Waals surface area contributed by atoms with Crippen molar-refractivity contribution in [3.63, 3.8) is 0 Å². The van der Waals surface area contributed by atoms with Gasteiger partial charge in [0.05, 0.1) is 6.54 Å². The van der Waals surface area contributed by atoms with E-state index in [9.17, 15) is 4.79 Å². The van der Waals surface area contributed by atoms with Crippen LogP contribution in [0.15, 0.2) is 71.2 Å². The molecule has 126 valence electrons. The molecule has 5 heteroatoms. The maximum absolute atomic E-state index is 12.2. The molecular weight excluding hydrogens is 314 g/mol. The van der Waals surface area contributed by atoms with Crippen LogP contribution in [0.5, 0.6) is 0 Å². The van der Waals surface area contributed by atoms with Crippen molar-refractivity contribution in [1.29, 1.82) is 0 Å². The van der Waals surface area contributed by atoms with Crippen molar-refractivity contribution in [2.24, 2.45) is 0 Å². The number of allylic oxidation sites excluding steroid dienone is 1. The number of hydrogen-bond acceptors (Lipinski definition) is 4. The molecule has 0 radical (unpaired) electrons. The molecule has 0 bridgehead atoms. The van der Waals surface area contributed by atoms with Crippen LogP contribution in [-0.2, 0) is 11.3 Å². The molecule has 1 amide bonds. The fourth-order valence-corrected chi connectivity index (χ4v) is 2.44. The summed E-state index contributed by atoms with van der Waals surface area (Å²) in [6.45, 7) is 2.22. The Balaban J connectivity index is 1.63. The lowest BCUT2D eigenvalue weighted by atomic mass is 10.0. The lowest BCUT2D eigenvalue weighted by Crippen LogP contribution is -2.21. The Bertz CT molecular complexity index is 855. The summed E-state index contributed by atoms with van der Waals surface area (Å²) >= 11 is 0. The molecule has 0 saturated carbocycles. The summed E-state index contributed by atoms with van der Waals surface area (Å²) in [5.41, 5.74) is 2.88. The Hall–Kier alpha value is -3.21. The third-order valence-corrected chi connectivity index (χ3v) is 3.73. The lowest BCUT2D eigenvalue weighted by molar-refractivity contribution is -0.116. The smallest absolute Gasteiger partial charge is 0.247 e. The Morgan fingerprint density at radius 2 is 1.72 bits per heavy atom. The first-order chi connectivity index (χ1) is 12.3. The van der Waals surface area contributed by atoms with Gasteiger partial charge in [-0.15, -0.1) is 10.2 Å². The van der Waals surface area contributed by atoms with Crippen molar-refractivity contribution in [3.05, 3.63) is 78.2 Å². The second-order valence-electron chi connectivity index (χ2n) is 5.47. The zero-order valence-corrected chi connectivity index (χ0v) is 14.0. The van der Waals surface area contributed by atoms with Gasteiger partial charge in [-0.05, 0) is 29.7 Å². The van der Waals surface area contributed by atoms with Crippen molar-refractivity contribution >= 4 is 11.5 Å². The number of amides is 1. The average molecular weight is 333 g/mol. The number of nitrogens with zero attached hydrogens (tertiary/aromatic N) is 2. The van der Waals surface area contributed by atoms with E-state index in [-0.39, 0.29) is 12.5 Å². The van der Waals surface area contributed by atoms with Crippen LogP contribution in [-0.4, -0.2) is 16.1 Å². The quantitative estimate of drug-likeness (QED) is 0.696. The van der Waals surface area contributed by atoms with E-state index in [2.05, 4.69) is 15.5 Å². The first-order valence-electron chi connectivity index (χ1n) is 8.18. The Labute approximate surface area is 146 Å². The minimum absolute atomic E-state index is 0.180. The maximum Gasteiger partial charge on any atom is 0.247 e. The number of hydrogen-bond donors (Lipinski definition) is 1. The molecule has 2 aromatic carbocycles. The largest absolute Gasteiger partial charge is 0.419 e. The van der Waals surface area contributed by atoms with Gasteiger partial charge in [0.15, 0.2) is 0 Å². The summed E-state index contributed by atoms with van der Waals surface area (Å²) in [5, 5.41) is 10.8. The van der Waals surface area contributed by atoms with Gasteiger partial charge in [-0.3, -0.25) is 4.79 Å². The molecule has 5 nitrogen and oxygen atoms in total.